The molecule has 0 amide bonds. The minimum atomic E-state index is -0.546. The highest BCUT2D eigenvalue weighted by Gasteiger charge is 2.20. The van der Waals surface area contributed by atoms with Crippen molar-refractivity contribution in [3.8, 4) is 10.8 Å². The molecule has 9 heteroatoms. The summed E-state index contributed by atoms with van der Waals surface area (Å²) in [6, 6.07) is 0. The Labute approximate surface area is 92.6 Å². The molecule has 0 aromatic carbocycles. The van der Waals surface area contributed by atoms with Crippen LogP contribution in [0.25, 0.3) is 10.8 Å². The van der Waals surface area contributed by atoms with Gasteiger partial charge in [0.15, 0.2) is 3.95 Å². The summed E-state index contributed by atoms with van der Waals surface area (Å²) in [5.74, 6) is 0.229. The number of aryl methyl sites for hydroxylation is 1. The minimum absolute atomic E-state index is 0.200. The lowest BCUT2D eigenvalue weighted by Crippen LogP contribution is -1.90. The number of aromatic amines is 1. The fraction of sp³-hybridized carbons (Fsp3) is 0.167. The monoisotopic (exact) mass is 243 g/mol. The van der Waals surface area contributed by atoms with Crippen molar-refractivity contribution in [1.29, 1.82) is 0 Å². The van der Waals surface area contributed by atoms with Crippen LogP contribution < -0.4 is 0 Å². The van der Waals surface area contributed by atoms with E-state index < -0.39 is 4.92 Å². The number of nitrogens with zero attached hydrogens (tertiary/aromatic N) is 4. The van der Waals surface area contributed by atoms with E-state index in [0.29, 0.717) is 14.8 Å². The molecule has 2 aromatic rings. The van der Waals surface area contributed by atoms with E-state index in [2.05, 4.69) is 15.2 Å². The number of imidazole rings is 1. The normalized spacial score (nSPS) is 10.5. The van der Waals surface area contributed by atoms with Gasteiger partial charge >= 0.3 is 5.82 Å². The van der Waals surface area contributed by atoms with Crippen LogP contribution in [0.4, 0.5) is 5.82 Å². The Balaban J connectivity index is 2.53. The maximum atomic E-state index is 10.5. The summed E-state index contributed by atoms with van der Waals surface area (Å²) in [5, 5.41) is 17.5. The summed E-state index contributed by atoms with van der Waals surface area (Å²) in [7, 11) is 1.67. The summed E-state index contributed by atoms with van der Waals surface area (Å²) in [6.45, 7) is 0. The standard InChI is InChI=1S/C6H5N5O2S2/c1-10-2-3(11(12)13)7-4(10)5-8-9-6(14)15-5/h2H,1H3,(H,9,14). The maximum Gasteiger partial charge on any atom is 0.382 e. The van der Waals surface area contributed by atoms with Crippen molar-refractivity contribution in [1.82, 2.24) is 19.7 Å². The molecule has 2 aromatic heterocycles. The van der Waals surface area contributed by atoms with Crippen LogP contribution in [0.2, 0.25) is 0 Å². The molecule has 15 heavy (non-hydrogen) atoms. The summed E-state index contributed by atoms with van der Waals surface area (Å²) in [4.78, 5) is 13.8. The van der Waals surface area contributed by atoms with Crippen molar-refractivity contribution in [2.45, 2.75) is 0 Å². The first-order chi connectivity index (χ1) is 7.08. The molecule has 0 fully saturated rings. The first kappa shape index (κ1) is 9.93. The Morgan fingerprint density at radius 3 is 2.93 bits per heavy atom. The highest BCUT2D eigenvalue weighted by molar-refractivity contribution is 7.73. The molecule has 0 saturated carbocycles. The predicted molar refractivity (Wildman–Crippen MR) is 56.2 cm³/mol. The number of rotatable bonds is 2. The van der Waals surface area contributed by atoms with Gasteiger partial charge in [-0.2, -0.15) is 5.10 Å². The van der Waals surface area contributed by atoms with Crippen LogP contribution in [0, 0.1) is 14.1 Å². The number of nitrogens with one attached hydrogen (secondary N) is 1. The van der Waals surface area contributed by atoms with E-state index in [1.165, 1.54) is 17.5 Å². The van der Waals surface area contributed by atoms with Gasteiger partial charge in [0.25, 0.3) is 5.82 Å². The van der Waals surface area contributed by atoms with E-state index in [0.717, 1.165) is 0 Å². The highest BCUT2D eigenvalue weighted by Crippen LogP contribution is 2.22. The van der Waals surface area contributed by atoms with Crippen molar-refractivity contribution in [2.75, 3.05) is 0 Å². The SMILES string of the molecule is Cn1cc([N+](=O)[O-])nc1-c1n[nH]c(=S)s1. The summed E-state index contributed by atoms with van der Waals surface area (Å²) < 4.78 is 2.05. The van der Waals surface area contributed by atoms with E-state index >= 15 is 0 Å². The molecule has 1 N–H and O–H groups in total. The fourth-order valence-electron chi connectivity index (χ4n) is 1.06. The number of nitro groups is 1. The van der Waals surface area contributed by atoms with Gasteiger partial charge in [-0.05, 0) is 22.1 Å². The van der Waals surface area contributed by atoms with Crippen molar-refractivity contribution >= 4 is 29.4 Å². The zero-order valence-electron chi connectivity index (χ0n) is 7.50. The second kappa shape index (κ2) is 3.51. The number of H-pyrrole nitrogens is 1. The van der Waals surface area contributed by atoms with E-state index in [9.17, 15) is 10.1 Å². The Morgan fingerprint density at radius 1 is 1.73 bits per heavy atom. The summed E-state index contributed by atoms with van der Waals surface area (Å²) in [5.41, 5.74) is 0. The molecule has 0 radical (unpaired) electrons. The molecular formula is C6H5N5O2S2. The van der Waals surface area contributed by atoms with E-state index in [-0.39, 0.29) is 5.82 Å². The van der Waals surface area contributed by atoms with Crippen molar-refractivity contribution in [3.63, 3.8) is 0 Å². The Kier molecular flexibility index (Phi) is 2.32. The van der Waals surface area contributed by atoms with Gasteiger partial charge in [-0.15, -0.1) is 0 Å². The molecule has 2 rings (SSSR count). The van der Waals surface area contributed by atoms with Crippen LogP contribution in [0.5, 0.6) is 0 Å². The van der Waals surface area contributed by atoms with E-state index in [4.69, 9.17) is 12.2 Å². The van der Waals surface area contributed by atoms with Gasteiger partial charge in [-0.3, -0.25) is 5.10 Å². The molecule has 2 heterocycles. The molecule has 0 saturated heterocycles. The first-order valence-corrected chi connectivity index (χ1v) is 5.04. The van der Waals surface area contributed by atoms with Crippen molar-refractivity contribution in [3.05, 3.63) is 20.3 Å². The summed E-state index contributed by atoms with van der Waals surface area (Å²) >= 11 is 6.09. The van der Waals surface area contributed by atoms with Crippen LogP contribution in [0.3, 0.4) is 0 Å². The van der Waals surface area contributed by atoms with Crippen molar-refractivity contribution < 1.29 is 4.92 Å². The maximum absolute atomic E-state index is 10.5. The molecule has 0 atom stereocenters. The molecule has 0 aliphatic heterocycles. The van der Waals surface area contributed by atoms with E-state index in [1.54, 1.807) is 11.6 Å². The van der Waals surface area contributed by atoms with Crippen LogP contribution in [-0.2, 0) is 7.05 Å². The topological polar surface area (TPSA) is 89.6 Å². The largest absolute Gasteiger partial charge is 0.382 e. The van der Waals surface area contributed by atoms with Gasteiger partial charge in [0.2, 0.25) is 5.01 Å². The van der Waals surface area contributed by atoms with Crippen LogP contribution in [-0.4, -0.2) is 24.7 Å². The van der Waals surface area contributed by atoms with Crippen LogP contribution in [0.15, 0.2) is 6.20 Å². The third-order valence-electron chi connectivity index (χ3n) is 1.68. The lowest BCUT2D eigenvalue weighted by molar-refractivity contribution is -0.389. The van der Waals surface area contributed by atoms with Crippen LogP contribution >= 0.6 is 23.6 Å². The zero-order chi connectivity index (χ0) is 11.0. The first-order valence-electron chi connectivity index (χ1n) is 3.81. The average Bonchev–Trinajstić information content (AvgIpc) is 2.71. The molecule has 78 valence electrons. The molecular weight excluding hydrogens is 238 g/mol. The number of aromatic nitrogens is 4. The van der Waals surface area contributed by atoms with Gasteiger partial charge < -0.3 is 14.7 Å². The van der Waals surface area contributed by atoms with Gasteiger partial charge in [0.1, 0.15) is 6.20 Å². The van der Waals surface area contributed by atoms with Gasteiger partial charge in [-0.1, -0.05) is 11.3 Å². The molecule has 0 unspecified atom stereocenters. The second-order valence-corrected chi connectivity index (χ2v) is 4.37. The number of hydrogen-bond donors (Lipinski definition) is 1. The second-order valence-electron chi connectivity index (χ2n) is 2.71. The van der Waals surface area contributed by atoms with Gasteiger partial charge in [0.05, 0.1) is 0 Å². The lowest BCUT2D eigenvalue weighted by Gasteiger charge is -1.87. The molecule has 0 spiro atoms. The summed E-state index contributed by atoms with van der Waals surface area (Å²) in [6.07, 6.45) is 1.33. The van der Waals surface area contributed by atoms with Crippen molar-refractivity contribution in [2.24, 2.45) is 7.05 Å². The Hall–Kier alpha value is -1.61. The predicted octanol–water partition coefficient (Wildman–Crippen LogP) is 1.51. The highest BCUT2D eigenvalue weighted by atomic mass is 32.1. The zero-order valence-corrected chi connectivity index (χ0v) is 9.13. The van der Waals surface area contributed by atoms with Gasteiger partial charge in [0, 0.05) is 7.05 Å². The fourth-order valence-corrected chi connectivity index (χ4v) is 1.98. The molecule has 0 aliphatic rings. The Bertz CT molecular complexity index is 568. The minimum Gasteiger partial charge on any atom is -0.358 e. The average molecular weight is 243 g/mol. The quantitative estimate of drug-likeness (QED) is 0.490. The molecule has 0 aliphatic carbocycles. The van der Waals surface area contributed by atoms with Crippen LogP contribution in [0.1, 0.15) is 0 Å². The third-order valence-corrected chi connectivity index (χ3v) is 2.77. The van der Waals surface area contributed by atoms with Gasteiger partial charge in [-0.25, -0.2) is 0 Å². The lowest BCUT2D eigenvalue weighted by atomic mass is 10.6. The smallest absolute Gasteiger partial charge is 0.358 e. The Morgan fingerprint density at radius 2 is 2.47 bits per heavy atom. The molecule has 7 nitrogen and oxygen atoms in total. The van der Waals surface area contributed by atoms with E-state index in [1.807, 2.05) is 0 Å². The third kappa shape index (κ3) is 1.78. The number of hydrogen-bond acceptors (Lipinski definition) is 6. The molecule has 0 bridgehead atoms.